The molecule has 0 aliphatic rings. The molecule has 0 radical (unpaired) electrons. The first-order chi connectivity index (χ1) is 13.1. The highest BCUT2D eigenvalue weighted by Gasteiger charge is 2.04. The second kappa shape index (κ2) is 11.0. The summed E-state index contributed by atoms with van der Waals surface area (Å²) in [5, 5.41) is 9.39. The molecule has 0 unspecified atom stereocenters. The van der Waals surface area contributed by atoms with Gasteiger partial charge in [-0.1, -0.05) is 54.1 Å². The predicted octanol–water partition coefficient (Wildman–Crippen LogP) is 3.07. The van der Waals surface area contributed by atoms with E-state index >= 15 is 0 Å². The molecule has 0 heterocycles. The second-order valence-electron chi connectivity index (χ2n) is 6.56. The van der Waals surface area contributed by atoms with Crippen LogP contribution in [0.5, 0.6) is 0 Å². The normalized spacial score (nSPS) is 11.1. The highest BCUT2D eigenvalue weighted by atomic mass is 16.1. The molecule has 1 amide bonds. The van der Waals surface area contributed by atoms with Crippen LogP contribution in [0.4, 0.5) is 0 Å². The van der Waals surface area contributed by atoms with Crippen LogP contribution in [0.3, 0.4) is 0 Å². The molecule has 0 atom stereocenters. The summed E-state index contributed by atoms with van der Waals surface area (Å²) in [5.74, 6) is 0.755. The lowest BCUT2D eigenvalue weighted by Gasteiger charge is -2.12. The van der Waals surface area contributed by atoms with Crippen molar-refractivity contribution < 1.29 is 4.79 Å². The fourth-order valence-electron chi connectivity index (χ4n) is 2.71. The highest BCUT2D eigenvalue weighted by Crippen LogP contribution is 2.11. The van der Waals surface area contributed by atoms with Crippen molar-refractivity contribution in [3.63, 3.8) is 0 Å². The van der Waals surface area contributed by atoms with Gasteiger partial charge in [-0.25, -0.2) is 4.99 Å². The van der Waals surface area contributed by atoms with E-state index in [9.17, 15) is 4.79 Å². The molecule has 0 fully saturated rings. The Balaban J connectivity index is 1.78. The number of guanidine groups is 1. The van der Waals surface area contributed by atoms with E-state index in [1.54, 1.807) is 0 Å². The van der Waals surface area contributed by atoms with Gasteiger partial charge in [0.1, 0.15) is 0 Å². The van der Waals surface area contributed by atoms with Gasteiger partial charge in [-0.2, -0.15) is 0 Å². The third kappa shape index (κ3) is 7.52. The predicted molar refractivity (Wildman–Crippen MR) is 112 cm³/mol. The van der Waals surface area contributed by atoms with E-state index in [-0.39, 0.29) is 5.91 Å². The molecule has 0 bridgehead atoms. The molecular weight excluding hydrogens is 336 g/mol. The van der Waals surface area contributed by atoms with Crippen molar-refractivity contribution in [2.45, 2.75) is 40.3 Å². The first-order valence-corrected chi connectivity index (χ1v) is 9.47. The summed E-state index contributed by atoms with van der Waals surface area (Å²) < 4.78 is 0. The van der Waals surface area contributed by atoms with Crippen molar-refractivity contribution in [1.29, 1.82) is 0 Å². The molecule has 5 heteroatoms. The Hall–Kier alpha value is -2.82. The SMILES string of the molecule is CCNC(=NCc1ccc(C)cc1C)NCCC(=O)NCc1ccccc1. The summed E-state index contributed by atoms with van der Waals surface area (Å²) in [5.41, 5.74) is 4.81. The zero-order valence-corrected chi connectivity index (χ0v) is 16.5. The maximum atomic E-state index is 12.0. The van der Waals surface area contributed by atoms with Crippen LogP contribution >= 0.6 is 0 Å². The fourth-order valence-corrected chi connectivity index (χ4v) is 2.71. The molecule has 2 rings (SSSR count). The summed E-state index contributed by atoms with van der Waals surface area (Å²) in [6, 6.07) is 16.3. The summed E-state index contributed by atoms with van der Waals surface area (Å²) in [6.45, 7) is 8.71. The van der Waals surface area contributed by atoms with Crippen LogP contribution < -0.4 is 16.0 Å². The fraction of sp³-hybridized carbons (Fsp3) is 0.364. The van der Waals surface area contributed by atoms with E-state index in [0.29, 0.717) is 26.1 Å². The van der Waals surface area contributed by atoms with Crippen LogP contribution in [-0.4, -0.2) is 25.0 Å². The van der Waals surface area contributed by atoms with E-state index in [1.807, 2.05) is 37.3 Å². The number of rotatable bonds is 8. The summed E-state index contributed by atoms with van der Waals surface area (Å²) in [6.07, 6.45) is 0.404. The van der Waals surface area contributed by atoms with Crippen molar-refractivity contribution >= 4 is 11.9 Å². The van der Waals surface area contributed by atoms with Crippen molar-refractivity contribution in [1.82, 2.24) is 16.0 Å². The molecule has 0 aromatic heterocycles. The molecule has 0 aliphatic carbocycles. The van der Waals surface area contributed by atoms with Gasteiger partial charge in [0.05, 0.1) is 6.54 Å². The number of carbonyl (C=O) groups excluding carboxylic acids is 1. The van der Waals surface area contributed by atoms with Crippen molar-refractivity contribution in [2.75, 3.05) is 13.1 Å². The third-order valence-corrected chi connectivity index (χ3v) is 4.23. The highest BCUT2D eigenvalue weighted by molar-refractivity contribution is 5.81. The number of aliphatic imine (C=N–C) groups is 1. The molecule has 2 aromatic rings. The Bertz CT molecular complexity index is 756. The van der Waals surface area contributed by atoms with Crippen LogP contribution in [0.25, 0.3) is 0 Å². The maximum absolute atomic E-state index is 12.0. The first kappa shape index (κ1) is 20.5. The van der Waals surface area contributed by atoms with E-state index in [2.05, 4.69) is 53.0 Å². The van der Waals surface area contributed by atoms with Gasteiger partial charge < -0.3 is 16.0 Å². The van der Waals surface area contributed by atoms with E-state index < -0.39 is 0 Å². The monoisotopic (exact) mass is 366 g/mol. The molecule has 5 nitrogen and oxygen atoms in total. The molecule has 144 valence electrons. The minimum absolute atomic E-state index is 0.0246. The summed E-state index contributed by atoms with van der Waals surface area (Å²) >= 11 is 0. The molecule has 0 saturated carbocycles. The van der Waals surface area contributed by atoms with Crippen molar-refractivity contribution in [2.24, 2.45) is 4.99 Å². The number of carbonyl (C=O) groups is 1. The Labute approximate surface area is 162 Å². The zero-order chi connectivity index (χ0) is 19.5. The summed E-state index contributed by atoms with van der Waals surface area (Å²) in [4.78, 5) is 16.6. The average Bonchev–Trinajstić information content (AvgIpc) is 2.66. The van der Waals surface area contributed by atoms with Gasteiger partial charge in [0.2, 0.25) is 5.91 Å². The van der Waals surface area contributed by atoms with Crippen molar-refractivity contribution in [3.05, 3.63) is 70.8 Å². The van der Waals surface area contributed by atoms with Gasteiger partial charge in [0.25, 0.3) is 0 Å². The molecule has 2 aromatic carbocycles. The Morgan fingerprint density at radius 1 is 1.00 bits per heavy atom. The Kier molecular flexibility index (Phi) is 8.36. The topological polar surface area (TPSA) is 65.5 Å². The Morgan fingerprint density at radius 2 is 1.78 bits per heavy atom. The van der Waals surface area contributed by atoms with Gasteiger partial charge in [-0.3, -0.25) is 4.79 Å². The van der Waals surface area contributed by atoms with Crippen LogP contribution in [0.15, 0.2) is 53.5 Å². The number of aryl methyl sites for hydroxylation is 2. The number of benzene rings is 2. The minimum atomic E-state index is 0.0246. The number of hydrogen-bond donors (Lipinski definition) is 3. The van der Waals surface area contributed by atoms with Gasteiger partial charge >= 0.3 is 0 Å². The number of nitrogens with zero attached hydrogens (tertiary/aromatic N) is 1. The van der Waals surface area contributed by atoms with Crippen LogP contribution in [0, 0.1) is 13.8 Å². The summed E-state index contributed by atoms with van der Waals surface area (Å²) in [7, 11) is 0. The Morgan fingerprint density at radius 3 is 2.48 bits per heavy atom. The lowest BCUT2D eigenvalue weighted by Crippen LogP contribution is -2.39. The van der Waals surface area contributed by atoms with Gasteiger partial charge in [0.15, 0.2) is 5.96 Å². The molecule has 0 spiro atoms. The van der Waals surface area contributed by atoms with Gasteiger partial charge in [-0.15, -0.1) is 0 Å². The smallest absolute Gasteiger partial charge is 0.222 e. The lowest BCUT2D eigenvalue weighted by atomic mass is 10.1. The van der Waals surface area contributed by atoms with Crippen LogP contribution in [0.2, 0.25) is 0 Å². The first-order valence-electron chi connectivity index (χ1n) is 9.47. The van der Waals surface area contributed by atoms with E-state index in [0.717, 1.165) is 18.1 Å². The molecule has 0 aliphatic heterocycles. The average molecular weight is 367 g/mol. The quantitative estimate of drug-likeness (QED) is 0.497. The number of hydrogen-bond acceptors (Lipinski definition) is 2. The van der Waals surface area contributed by atoms with E-state index in [4.69, 9.17) is 0 Å². The minimum Gasteiger partial charge on any atom is -0.357 e. The zero-order valence-electron chi connectivity index (χ0n) is 16.5. The maximum Gasteiger partial charge on any atom is 0.222 e. The van der Waals surface area contributed by atoms with Crippen LogP contribution in [-0.2, 0) is 17.9 Å². The number of amides is 1. The van der Waals surface area contributed by atoms with Crippen LogP contribution in [0.1, 0.15) is 35.6 Å². The van der Waals surface area contributed by atoms with Gasteiger partial charge in [-0.05, 0) is 37.5 Å². The molecule has 3 N–H and O–H groups in total. The number of nitrogens with one attached hydrogen (secondary N) is 3. The van der Waals surface area contributed by atoms with Crippen molar-refractivity contribution in [3.8, 4) is 0 Å². The van der Waals surface area contributed by atoms with E-state index in [1.165, 1.54) is 16.7 Å². The lowest BCUT2D eigenvalue weighted by molar-refractivity contribution is -0.121. The third-order valence-electron chi connectivity index (χ3n) is 4.23. The molecular formula is C22H30N4O. The van der Waals surface area contributed by atoms with Gasteiger partial charge in [0, 0.05) is 26.1 Å². The molecule has 0 saturated heterocycles. The largest absolute Gasteiger partial charge is 0.357 e. The molecule has 27 heavy (non-hydrogen) atoms. The second-order valence-corrected chi connectivity index (χ2v) is 6.56. The standard InChI is InChI=1S/C22H30N4O/c1-4-23-22(26-16-20-11-10-17(2)14-18(20)3)24-13-12-21(27)25-15-19-8-6-5-7-9-19/h5-11,14H,4,12-13,15-16H2,1-3H3,(H,25,27)(H2,23,24,26).